The molecule has 2 aromatic rings. The van der Waals surface area contributed by atoms with Gasteiger partial charge in [0, 0.05) is 19.5 Å². The summed E-state index contributed by atoms with van der Waals surface area (Å²) < 4.78 is 5.41. The minimum absolute atomic E-state index is 0.232. The molecule has 29 heavy (non-hydrogen) atoms. The Kier molecular flexibility index (Phi) is 5.15. The average Bonchev–Trinajstić information content (AvgIpc) is 3.01. The lowest BCUT2D eigenvalue weighted by Crippen LogP contribution is -2.54. The normalized spacial score (nSPS) is 28.8. The minimum atomic E-state index is -1.12. The zero-order chi connectivity index (χ0) is 20.5. The van der Waals surface area contributed by atoms with Gasteiger partial charge in [0.15, 0.2) is 6.10 Å². The third-order valence-corrected chi connectivity index (χ3v) is 5.77. The van der Waals surface area contributed by atoms with Crippen molar-refractivity contribution >= 4 is 11.9 Å². The molecule has 0 radical (unpaired) electrons. The predicted octanol–water partition coefficient (Wildman–Crippen LogP) is 3.21. The lowest BCUT2D eigenvalue weighted by atomic mass is 9.72. The Morgan fingerprint density at radius 3 is 2.45 bits per heavy atom. The molecule has 2 saturated heterocycles. The molecule has 6 heteroatoms. The first-order chi connectivity index (χ1) is 14.0. The Morgan fingerprint density at radius 2 is 1.79 bits per heavy atom. The van der Waals surface area contributed by atoms with Crippen molar-refractivity contribution < 1.29 is 24.1 Å². The van der Waals surface area contributed by atoms with Crippen LogP contribution in [0, 0.1) is 5.41 Å². The molecule has 2 aliphatic rings. The van der Waals surface area contributed by atoms with E-state index in [2.05, 4.69) is 0 Å². The van der Waals surface area contributed by atoms with E-state index in [1.165, 1.54) is 0 Å². The molecule has 2 aromatic carbocycles. The second kappa shape index (κ2) is 7.61. The van der Waals surface area contributed by atoms with Crippen molar-refractivity contribution in [2.45, 2.75) is 38.5 Å². The fraction of sp³-hybridized carbons (Fsp3) is 0.391. The van der Waals surface area contributed by atoms with Crippen molar-refractivity contribution in [2.24, 2.45) is 5.41 Å². The Labute approximate surface area is 170 Å². The summed E-state index contributed by atoms with van der Waals surface area (Å²) in [5.74, 6) is -0.670. The molecule has 0 aliphatic carbocycles. The zero-order valence-corrected chi connectivity index (χ0v) is 16.7. The van der Waals surface area contributed by atoms with Gasteiger partial charge >= 0.3 is 5.97 Å². The molecule has 2 aliphatic heterocycles. The van der Waals surface area contributed by atoms with Gasteiger partial charge in [0.1, 0.15) is 11.0 Å². The first-order valence-corrected chi connectivity index (χ1v) is 9.88. The van der Waals surface area contributed by atoms with E-state index in [1.807, 2.05) is 67.6 Å². The monoisotopic (exact) mass is 395 g/mol. The smallest absolute Gasteiger partial charge is 0.317 e. The molecular formula is C23H25NO5. The van der Waals surface area contributed by atoms with E-state index >= 15 is 0 Å². The number of esters is 1. The number of amides is 1. The molecule has 0 aromatic heterocycles. The molecule has 0 N–H and O–H groups in total. The van der Waals surface area contributed by atoms with Crippen LogP contribution in [-0.2, 0) is 36.2 Å². The van der Waals surface area contributed by atoms with E-state index in [0.717, 1.165) is 11.1 Å². The second-order valence-corrected chi connectivity index (χ2v) is 7.89. The molecule has 3 unspecified atom stereocenters. The Morgan fingerprint density at radius 1 is 1.14 bits per heavy atom. The van der Waals surface area contributed by atoms with E-state index in [1.54, 1.807) is 11.8 Å². The number of hydrogen-bond acceptors (Lipinski definition) is 5. The summed E-state index contributed by atoms with van der Waals surface area (Å²) in [5.41, 5.74) is -0.112. The molecule has 6 nitrogen and oxygen atoms in total. The summed E-state index contributed by atoms with van der Waals surface area (Å²) in [4.78, 5) is 39.3. The largest absolute Gasteiger partial charge is 0.465 e. The SMILES string of the molecule is CCOC(=O)C12CN(Cc3ccccc3)C(=O)C1OOC(C)(c1ccccc1)C2. The van der Waals surface area contributed by atoms with Crippen molar-refractivity contribution in [1.82, 2.24) is 4.90 Å². The van der Waals surface area contributed by atoms with Gasteiger partial charge in [-0.05, 0) is 25.0 Å². The number of carbonyl (C=O) groups excluding carboxylic acids is 2. The molecule has 0 saturated carbocycles. The highest BCUT2D eigenvalue weighted by molar-refractivity contribution is 5.94. The van der Waals surface area contributed by atoms with Crippen LogP contribution in [-0.4, -0.2) is 36.0 Å². The maximum atomic E-state index is 13.1. The number of fused-ring (bicyclic) bond motifs is 1. The van der Waals surface area contributed by atoms with Crippen LogP contribution >= 0.6 is 0 Å². The summed E-state index contributed by atoms with van der Waals surface area (Å²) in [6.45, 7) is 4.52. The first-order valence-electron chi connectivity index (χ1n) is 9.88. The van der Waals surface area contributed by atoms with Crippen LogP contribution in [0.2, 0.25) is 0 Å². The van der Waals surface area contributed by atoms with Crippen LogP contribution in [0.4, 0.5) is 0 Å². The number of ether oxygens (including phenoxy) is 1. The van der Waals surface area contributed by atoms with Crippen LogP contribution in [0.1, 0.15) is 31.4 Å². The van der Waals surface area contributed by atoms with Gasteiger partial charge in [-0.1, -0.05) is 60.7 Å². The van der Waals surface area contributed by atoms with E-state index in [-0.39, 0.29) is 19.1 Å². The average molecular weight is 395 g/mol. The highest BCUT2D eigenvalue weighted by Crippen LogP contribution is 2.50. The van der Waals surface area contributed by atoms with Gasteiger partial charge in [0.25, 0.3) is 5.91 Å². The highest BCUT2D eigenvalue weighted by atomic mass is 17.2. The van der Waals surface area contributed by atoms with Crippen molar-refractivity contribution in [3.05, 3.63) is 71.8 Å². The Bertz CT molecular complexity index is 887. The number of likely N-dealkylation sites (tertiary alicyclic amines) is 1. The van der Waals surface area contributed by atoms with Crippen molar-refractivity contribution in [2.75, 3.05) is 13.2 Å². The second-order valence-electron chi connectivity index (χ2n) is 7.89. The van der Waals surface area contributed by atoms with Gasteiger partial charge in [-0.3, -0.25) is 9.59 Å². The number of rotatable bonds is 5. The van der Waals surface area contributed by atoms with E-state index in [4.69, 9.17) is 14.5 Å². The summed E-state index contributed by atoms with van der Waals surface area (Å²) in [6.07, 6.45) is -0.716. The fourth-order valence-electron chi connectivity index (χ4n) is 4.37. The first kappa shape index (κ1) is 19.6. The number of benzene rings is 2. The third-order valence-electron chi connectivity index (χ3n) is 5.77. The quantitative estimate of drug-likeness (QED) is 0.575. The van der Waals surface area contributed by atoms with Gasteiger partial charge in [-0.25, -0.2) is 9.78 Å². The van der Waals surface area contributed by atoms with Crippen LogP contribution in [0.25, 0.3) is 0 Å². The number of nitrogens with zero attached hydrogens (tertiary/aromatic N) is 1. The van der Waals surface area contributed by atoms with Gasteiger partial charge in [-0.2, -0.15) is 0 Å². The van der Waals surface area contributed by atoms with Crippen LogP contribution < -0.4 is 0 Å². The summed E-state index contributed by atoms with van der Waals surface area (Å²) >= 11 is 0. The molecule has 2 heterocycles. The maximum Gasteiger partial charge on any atom is 0.317 e. The predicted molar refractivity (Wildman–Crippen MR) is 105 cm³/mol. The molecule has 0 spiro atoms. The summed E-state index contributed by atoms with van der Waals surface area (Å²) in [7, 11) is 0. The van der Waals surface area contributed by atoms with E-state index < -0.39 is 23.1 Å². The van der Waals surface area contributed by atoms with Gasteiger partial charge in [0.2, 0.25) is 0 Å². The fourth-order valence-corrected chi connectivity index (χ4v) is 4.37. The van der Waals surface area contributed by atoms with Gasteiger partial charge in [0.05, 0.1) is 6.61 Å². The van der Waals surface area contributed by atoms with Crippen molar-refractivity contribution in [1.29, 1.82) is 0 Å². The van der Waals surface area contributed by atoms with Gasteiger partial charge in [-0.15, -0.1) is 0 Å². The highest BCUT2D eigenvalue weighted by Gasteiger charge is 2.65. The lowest BCUT2D eigenvalue weighted by molar-refractivity contribution is -0.420. The van der Waals surface area contributed by atoms with E-state index in [9.17, 15) is 9.59 Å². The molecule has 3 atom stereocenters. The molecule has 152 valence electrons. The Balaban J connectivity index is 1.68. The Hall–Kier alpha value is -2.70. The van der Waals surface area contributed by atoms with Crippen LogP contribution in [0.5, 0.6) is 0 Å². The van der Waals surface area contributed by atoms with Crippen molar-refractivity contribution in [3.63, 3.8) is 0 Å². The van der Waals surface area contributed by atoms with Crippen LogP contribution in [0.3, 0.4) is 0 Å². The zero-order valence-electron chi connectivity index (χ0n) is 16.7. The number of hydrogen-bond donors (Lipinski definition) is 0. The summed E-state index contributed by atoms with van der Waals surface area (Å²) in [6, 6.07) is 19.3. The molecular weight excluding hydrogens is 370 g/mol. The molecule has 0 bridgehead atoms. The minimum Gasteiger partial charge on any atom is -0.465 e. The van der Waals surface area contributed by atoms with E-state index in [0.29, 0.717) is 13.0 Å². The van der Waals surface area contributed by atoms with Crippen LogP contribution in [0.15, 0.2) is 60.7 Å². The third kappa shape index (κ3) is 3.43. The molecule has 2 fully saturated rings. The maximum absolute atomic E-state index is 13.1. The molecule has 1 amide bonds. The summed E-state index contributed by atoms with van der Waals surface area (Å²) in [5, 5.41) is 0. The number of carbonyl (C=O) groups is 2. The van der Waals surface area contributed by atoms with Gasteiger partial charge < -0.3 is 9.64 Å². The lowest BCUT2D eigenvalue weighted by Gasteiger charge is -2.43. The molecule has 4 rings (SSSR count). The standard InChI is InChI=1S/C23H25NO5/c1-3-27-21(26)23-15-22(2,18-12-8-5-9-13-18)29-28-19(23)20(25)24(16-23)14-17-10-6-4-7-11-17/h4-13,19H,3,14-16H2,1-2H3. The topological polar surface area (TPSA) is 65.1 Å². The van der Waals surface area contributed by atoms with Crippen molar-refractivity contribution in [3.8, 4) is 0 Å².